The summed E-state index contributed by atoms with van der Waals surface area (Å²) in [5.74, 6) is 1.79. The number of anilines is 2. The van der Waals surface area contributed by atoms with E-state index < -0.39 is 6.09 Å². The third-order valence-electron chi connectivity index (χ3n) is 6.07. The second-order valence-electron chi connectivity index (χ2n) is 8.13. The number of halogens is 1. The van der Waals surface area contributed by atoms with Crippen molar-refractivity contribution in [3.8, 4) is 5.75 Å². The zero-order valence-electron chi connectivity index (χ0n) is 18.5. The highest BCUT2D eigenvalue weighted by molar-refractivity contribution is 7.80. The Morgan fingerprint density at radius 1 is 1.15 bits per heavy atom. The summed E-state index contributed by atoms with van der Waals surface area (Å²) in [7, 11) is 1.66. The molecule has 1 saturated carbocycles. The number of nitrogens with one attached hydrogen (secondary N) is 3. The fourth-order valence-electron chi connectivity index (χ4n) is 4.51. The summed E-state index contributed by atoms with van der Waals surface area (Å²) in [5.41, 5.74) is 1.42. The van der Waals surface area contributed by atoms with E-state index in [-0.39, 0.29) is 12.1 Å². The Hall–Kier alpha value is -2.84. The standard InChI is InChI=1S/C24H27ClN4O3S/c1-31-20-11-9-19(10-12-20)29-22(33)28-21(24(29)13-3-2-4-14-24)26-15-16-32-23(30)27-18-7-5-17(25)6-8-18/h5-12H,2-4,13-16H2,1H3,(H,27,30)(H,26,28,33)/p+1. The molecule has 2 aliphatic rings. The summed E-state index contributed by atoms with van der Waals surface area (Å²) < 4.78 is 10.6. The van der Waals surface area contributed by atoms with Gasteiger partial charge in [-0.05, 0) is 73.6 Å². The van der Waals surface area contributed by atoms with Crippen LogP contribution in [0.3, 0.4) is 0 Å². The lowest BCUT2D eigenvalue weighted by molar-refractivity contribution is -0.464. The second kappa shape index (κ2) is 10.4. The van der Waals surface area contributed by atoms with Crippen LogP contribution in [0.15, 0.2) is 48.5 Å². The summed E-state index contributed by atoms with van der Waals surface area (Å²) in [6.45, 7) is 0.688. The SMILES string of the molecule is COc1ccc(N2C(=S)NC(=[NH+]CCOC(=O)Nc3ccc(Cl)cc3)C23CCCCC3)cc1. The van der Waals surface area contributed by atoms with Crippen molar-refractivity contribution in [3.05, 3.63) is 53.6 Å². The van der Waals surface area contributed by atoms with Crippen LogP contribution in [-0.2, 0) is 4.74 Å². The number of rotatable bonds is 6. The fourth-order valence-corrected chi connectivity index (χ4v) is 5.02. The third kappa shape index (κ3) is 5.23. The molecule has 9 heteroatoms. The van der Waals surface area contributed by atoms with Crippen LogP contribution in [0.5, 0.6) is 5.75 Å². The van der Waals surface area contributed by atoms with Crippen LogP contribution in [-0.4, -0.2) is 42.8 Å². The average molecular weight is 488 g/mol. The minimum absolute atomic E-state index is 0.218. The maximum atomic E-state index is 12.1. The zero-order chi connectivity index (χ0) is 23.3. The molecule has 0 atom stereocenters. The van der Waals surface area contributed by atoms with Gasteiger partial charge in [0, 0.05) is 16.4 Å². The molecule has 1 aliphatic heterocycles. The highest BCUT2D eigenvalue weighted by atomic mass is 35.5. The molecular formula is C24H28ClN4O3S+. The lowest BCUT2D eigenvalue weighted by Gasteiger charge is -2.38. The van der Waals surface area contributed by atoms with Gasteiger partial charge >= 0.3 is 6.09 Å². The number of nitrogens with zero attached hydrogens (tertiary/aromatic N) is 1. The minimum Gasteiger partial charge on any atom is -0.497 e. The first-order chi connectivity index (χ1) is 16.0. The molecule has 0 radical (unpaired) electrons. The third-order valence-corrected chi connectivity index (χ3v) is 6.60. The molecule has 1 aliphatic carbocycles. The topological polar surface area (TPSA) is 76.8 Å². The number of hydrogen-bond donors (Lipinski definition) is 3. The molecule has 4 rings (SSSR count). The van der Waals surface area contributed by atoms with Gasteiger partial charge < -0.3 is 9.47 Å². The smallest absolute Gasteiger partial charge is 0.411 e. The number of thiocarbonyl (C=S) groups is 1. The maximum Gasteiger partial charge on any atom is 0.411 e. The summed E-state index contributed by atoms with van der Waals surface area (Å²) in [4.78, 5) is 17.7. The minimum atomic E-state index is -0.508. The lowest BCUT2D eigenvalue weighted by atomic mass is 9.80. The normalized spacial score (nSPS) is 18.3. The predicted octanol–water partition coefficient (Wildman–Crippen LogP) is 3.47. The molecule has 174 valence electrons. The average Bonchev–Trinajstić information content (AvgIpc) is 3.09. The number of amides is 1. The van der Waals surface area contributed by atoms with Crippen molar-refractivity contribution >= 4 is 52.2 Å². The van der Waals surface area contributed by atoms with Gasteiger partial charge in [0.15, 0.2) is 0 Å². The van der Waals surface area contributed by atoms with E-state index in [0.717, 1.165) is 43.0 Å². The molecule has 0 bridgehead atoms. The molecule has 3 N–H and O–H groups in total. The molecule has 0 unspecified atom stereocenters. The number of amidine groups is 1. The monoisotopic (exact) mass is 487 g/mol. The van der Waals surface area contributed by atoms with Gasteiger partial charge in [-0.1, -0.05) is 30.9 Å². The maximum absolute atomic E-state index is 12.1. The van der Waals surface area contributed by atoms with Crippen LogP contribution in [0.2, 0.25) is 5.02 Å². The van der Waals surface area contributed by atoms with E-state index in [1.54, 1.807) is 31.4 Å². The van der Waals surface area contributed by atoms with E-state index in [4.69, 9.17) is 33.3 Å². The Morgan fingerprint density at radius 3 is 2.52 bits per heavy atom. The summed E-state index contributed by atoms with van der Waals surface area (Å²) >= 11 is 11.6. The van der Waals surface area contributed by atoms with Gasteiger partial charge in [-0.25, -0.2) is 10.1 Å². The van der Waals surface area contributed by atoms with Crippen molar-refractivity contribution in [2.75, 3.05) is 30.5 Å². The van der Waals surface area contributed by atoms with Crippen LogP contribution in [0.25, 0.3) is 0 Å². The molecule has 2 aromatic rings. The van der Waals surface area contributed by atoms with E-state index >= 15 is 0 Å². The number of methoxy groups -OCH3 is 1. The molecule has 1 heterocycles. The first-order valence-electron chi connectivity index (χ1n) is 11.1. The zero-order valence-corrected chi connectivity index (χ0v) is 20.1. The predicted molar refractivity (Wildman–Crippen MR) is 134 cm³/mol. The highest BCUT2D eigenvalue weighted by Gasteiger charge is 2.55. The Morgan fingerprint density at radius 2 is 1.85 bits per heavy atom. The largest absolute Gasteiger partial charge is 0.497 e. The summed E-state index contributed by atoms with van der Waals surface area (Å²) in [6, 6.07) is 14.8. The first-order valence-corrected chi connectivity index (χ1v) is 11.9. The van der Waals surface area contributed by atoms with Crippen molar-refractivity contribution < 1.29 is 19.3 Å². The van der Waals surface area contributed by atoms with Gasteiger partial charge in [-0.3, -0.25) is 15.2 Å². The molecule has 7 nitrogen and oxygen atoms in total. The number of carbonyl (C=O) groups is 1. The van der Waals surface area contributed by atoms with Gasteiger partial charge in [0.05, 0.1) is 7.11 Å². The van der Waals surface area contributed by atoms with Crippen molar-refractivity contribution in [2.45, 2.75) is 37.6 Å². The quantitative estimate of drug-likeness (QED) is 0.428. The van der Waals surface area contributed by atoms with Crippen LogP contribution in [0.4, 0.5) is 16.2 Å². The Labute approximate surface area is 204 Å². The van der Waals surface area contributed by atoms with Gasteiger partial charge in [0.1, 0.15) is 24.4 Å². The van der Waals surface area contributed by atoms with Crippen molar-refractivity contribution in [1.29, 1.82) is 0 Å². The van der Waals surface area contributed by atoms with Crippen LogP contribution in [0.1, 0.15) is 32.1 Å². The van der Waals surface area contributed by atoms with Crippen LogP contribution < -0.4 is 25.3 Å². The van der Waals surface area contributed by atoms with Crippen molar-refractivity contribution in [2.24, 2.45) is 0 Å². The lowest BCUT2D eigenvalue weighted by Crippen LogP contribution is -2.81. The van der Waals surface area contributed by atoms with Crippen LogP contribution >= 0.6 is 23.8 Å². The molecule has 2 fully saturated rings. The molecule has 2 aromatic carbocycles. The van der Waals surface area contributed by atoms with E-state index in [1.807, 2.05) is 24.3 Å². The van der Waals surface area contributed by atoms with Crippen molar-refractivity contribution in [3.63, 3.8) is 0 Å². The van der Waals surface area contributed by atoms with Crippen molar-refractivity contribution in [1.82, 2.24) is 5.32 Å². The van der Waals surface area contributed by atoms with Crippen LogP contribution in [0, 0.1) is 0 Å². The Balaban J connectivity index is 1.43. The van der Waals surface area contributed by atoms with E-state index in [0.29, 0.717) is 22.4 Å². The second-order valence-corrected chi connectivity index (χ2v) is 8.95. The Kier molecular flexibility index (Phi) is 7.35. The summed E-state index contributed by atoms with van der Waals surface area (Å²) in [6.07, 6.45) is 4.95. The molecule has 0 aromatic heterocycles. The first kappa shape index (κ1) is 23.3. The van der Waals surface area contributed by atoms with E-state index in [9.17, 15) is 4.79 Å². The fraction of sp³-hybridized carbons (Fsp3) is 0.375. The number of carbonyl (C=O) groups excluding carboxylic acids is 1. The van der Waals surface area contributed by atoms with Gasteiger partial charge in [-0.2, -0.15) is 0 Å². The highest BCUT2D eigenvalue weighted by Crippen LogP contribution is 2.40. The number of benzene rings is 2. The molecule has 1 spiro atoms. The van der Waals surface area contributed by atoms with Gasteiger partial charge in [0.25, 0.3) is 10.9 Å². The Bertz CT molecular complexity index is 1020. The molecule has 1 saturated heterocycles. The number of hydrogen-bond acceptors (Lipinski definition) is 4. The molecule has 33 heavy (non-hydrogen) atoms. The van der Waals surface area contributed by atoms with E-state index in [1.165, 1.54) is 6.42 Å². The summed E-state index contributed by atoms with van der Waals surface area (Å²) in [5, 5.41) is 7.36. The molecule has 1 amide bonds. The van der Waals surface area contributed by atoms with E-state index in [2.05, 4.69) is 20.5 Å². The van der Waals surface area contributed by atoms with Gasteiger partial charge in [0.2, 0.25) is 0 Å². The number of ether oxygens (including phenoxy) is 2. The van der Waals surface area contributed by atoms with Gasteiger partial charge in [-0.15, -0.1) is 0 Å². The molecular weight excluding hydrogens is 460 g/mol.